The van der Waals surface area contributed by atoms with Crippen LogP contribution in [0.3, 0.4) is 0 Å². The fourth-order valence-electron chi connectivity index (χ4n) is 3.09. The molecule has 1 saturated heterocycles. The standard InChI is InChI=1S/C22H22N4O3/c27-19(12-11-17-7-3-1-4-8-17)23-20(18-9-5-2-6-10-18)21-24-25-22(29-21)26-13-15-28-16-14-26/h1-12,20H,13-16H2,(H,23,27)/b12-11+/t20-/m1/s1. The molecule has 0 radical (unpaired) electrons. The van der Waals surface area contributed by atoms with E-state index in [-0.39, 0.29) is 5.91 Å². The van der Waals surface area contributed by atoms with Crippen molar-refractivity contribution in [2.24, 2.45) is 0 Å². The maximum Gasteiger partial charge on any atom is 0.318 e. The molecule has 148 valence electrons. The molecule has 1 fully saturated rings. The molecule has 0 saturated carbocycles. The zero-order valence-corrected chi connectivity index (χ0v) is 15.9. The van der Waals surface area contributed by atoms with Crippen LogP contribution < -0.4 is 10.2 Å². The van der Waals surface area contributed by atoms with Gasteiger partial charge in [-0.3, -0.25) is 4.79 Å². The van der Waals surface area contributed by atoms with E-state index < -0.39 is 6.04 Å². The smallest absolute Gasteiger partial charge is 0.318 e. The summed E-state index contributed by atoms with van der Waals surface area (Å²) >= 11 is 0. The van der Waals surface area contributed by atoms with Gasteiger partial charge in [0.15, 0.2) is 0 Å². The van der Waals surface area contributed by atoms with E-state index in [4.69, 9.17) is 9.15 Å². The van der Waals surface area contributed by atoms with Gasteiger partial charge in [-0.1, -0.05) is 65.8 Å². The number of nitrogens with zero attached hydrogens (tertiary/aromatic N) is 3. The molecule has 2 aromatic carbocycles. The van der Waals surface area contributed by atoms with Crippen molar-refractivity contribution >= 4 is 18.0 Å². The van der Waals surface area contributed by atoms with Gasteiger partial charge in [0.05, 0.1) is 13.2 Å². The molecule has 0 aliphatic carbocycles. The molecular formula is C22H22N4O3. The number of amides is 1. The first-order chi connectivity index (χ1) is 14.3. The van der Waals surface area contributed by atoms with Gasteiger partial charge >= 0.3 is 6.01 Å². The summed E-state index contributed by atoms with van der Waals surface area (Å²) in [6.07, 6.45) is 3.27. The number of anilines is 1. The van der Waals surface area contributed by atoms with Crippen LogP contribution >= 0.6 is 0 Å². The molecule has 29 heavy (non-hydrogen) atoms. The van der Waals surface area contributed by atoms with Crippen LogP contribution in [0, 0.1) is 0 Å². The summed E-state index contributed by atoms with van der Waals surface area (Å²) < 4.78 is 11.3. The maximum absolute atomic E-state index is 12.6. The van der Waals surface area contributed by atoms with E-state index >= 15 is 0 Å². The van der Waals surface area contributed by atoms with Gasteiger partial charge in [-0.2, -0.15) is 0 Å². The number of carbonyl (C=O) groups excluding carboxylic acids is 1. The number of morpholine rings is 1. The van der Waals surface area contributed by atoms with Gasteiger partial charge in [0.2, 0.25) is 11.8 Å². The zero-order chi connectivity index (χ0) is 19.9. The number of nitrogens with one attached hydrogen (secondary N) is 1. The summed E-state index contributed by atoms with van der Waals surface area (Å²) in [7, 11) is 0. The number of benzene rings is 2. The van der Waals surface area contributed by atoms with E-state index in [1.165, 1.54) is 6.08 Å². The number of hydrogen-bond donors (Lipinski definition) is 1. The van der Waals surface area contributed by atoms with Crippen LogP contribution in [0.1, 0.15) is 23.1 Å². The minimum Gasteiger partial charge on any atom is -0.405 e. The first-order valence-corrected chi connectivity index (χ1v) is 9.54. The lowest BCUT2D eigenvalue weighted by atomic mass is 10.1. The topological polar surface area (TPSA) is 80.5 Å². The Hall–Kier alpha value is -3.45. The minimum atomic E-state index is -0.536. The molecule has 7 heteroatoms. The van der Waals surface area contributed by atoms with Crippen molar-refractivity contribution < 1.29 is 13.9 Å². The first-order valence-electron chi connectivity index (χ1n) is 9.54. The Kier molecular flexibility index (Phi) is 5.97. The van der Waals surface area contributed by atoms with Crippen LogP contribution in [0.5, 0.6) is 0 Å². The minimum absolute atomic E-state index is 0.242. The van der Waals surface area contributed by atoms with Gasteiger partial charge in [0, 0.05) is 19.2 Å². The van der Waals surface area contributed by atoms with Crippen LogP contribution in [-0.2, 0) is 9.53 Å². The van der Waals surface area contributed by atoms with Crippen LogP contribution in [0.15, 0.2) is 71.2 Å². The van der Waals surface area contributed by atoms with Crippen molar-refractivity contribution in [2.45, 2.75) is 6.04 Å². The van der Waals surface area contributed by atoms with Gasteiger partial charge in [-0.25, -0.2) is 0 Å². The predicted molar refractivity (Wildman–Crippen MR) is 109 cm³/mol. The van der Waals surface area contributed by atoms with Crippen molar-refractivity contribution in [1.29, 1.82) is 0 Å². The van der Waals surface area contributed by atoms with E-state index in [9.17, 15) is 4.79 Å². The van der Waals surface area contributed by atoms with E-state index in [2.05, 4.69) is 15.5 Å². The summed E-state index contributed by atoms with van der Waals surface area (Å²) in [6, 6.07) is 19.2. The Morgan fingerprint density at radius 3 is 2.41 bits per heavy atom. The Balaban J connectivity index is 1.53. The number of carbonyl (C=O) groups is 1. The molecular weight excluding hydrogens is 368 g/mol. The highest BCUT2D eigenvalue weighted by Gasteiger charge is 2.24. The second-order valence-corrected chi connectivity index (χ2v) is 6.62. The lowest BCUT2D eigenvalue weighted by molar-refractivity contribution is -0.117. The lowest BCUT2D eigenvalue weighted by Crippen LogP contribution is -2.36. The van der Waals surface area contributed by atoms with Crippen LogP contribution in [0.25, 0.3) is 6.08 Å². The Labute approximate surface area is 169 Å². The van der Waals surface area contributed by atoms with Gasteiger partial charge < -0.3 is 19.4 Å². The van der Waals surface area contributed by atoms with Crippen LogP contribution in [0.4, 0.5) is 6.01 Å². The van der Waals surface area contributed by atoms with Crippen molar-refractivity contribution in [1.82, 2.24) is 15.5 Å². The van der Waals surface area contributed by atoms with Crippen molar-refractivity contribution in [2.75, 3.05) is 31.2 Å². The molecule has 0 spiro atoms. The zero-order valence-electron chi connectivity index (χ0n) is 15.9. The lowest BCUT2D eigenvalue weighted by Gasteiger charge is -2.24. The molecule has 7 nitrogen and oxygen atoms in total. The van der Waals surface area contributed by atoms with Gasteiger partial charge in [-0.15, -0.1) is 5.10 Å². The number of aromatic nitrogens is 2. The fraction of sp³-hybridized carbons (Fsp3) is 0.227. The molecule has 4 rings (SSSR count). The predicted octanol–water partition coefficient (Wildman–Crippen LogP) is 2.83. The second kappa shape index (κ2) is 9.16. The van der Waals surface area contributed by atoms with Crippen LogP contribution in [-0.4, -0.2) is 42.4 Å². The van der Waals surface area contributed by atoms with E-state index in [1.807, 2.05) is 65.6 Å². The Morgan fingerprint density at radius 2 is 1.69 bits per heavy atom. The summed E-state index contributed by atoms with van der Waals surface area (Å²) in [5.74, 6) is 0.105. The van der Waals surface area contributed by atoms with E-state index in [0.29, 0.717) is 38.2 Å². The number of ether oxygens (including phenoxy) is 1. The average molecular weight is 390 g/mol. The molecule has 0 unspecified atom stereocenters. The highest BCUT2D eigenvalue weighted by atomic mass is 16.5. The molecule has 1 aromatic heterocycles. The Morgan fingerprint density at radius 1 is 1.00 bits per heavy atom. The van der Waals surface area contributed by atoms with Crippen molar-refractivity contribution in [3.63, 3.8) is 0 Å². The maximum atomic E-state index is 12.6. The highest BCUT2D eigenvalue weighted by molar-refractivity contribution is 5.92. The number of hydrogen-bond acceptors (Lipinski definition) is 6. The summed E-state index contributed by atoms with van der Waals surface area (Å²) in [5.41, 5.74) is 1.82. The monoisotopic (exact) mass is 390 g/mol. The molecule has 3 aromatic rings. The molecule has 2 heterocycles. The summed E-state index contributed by atoms with van der Waals surface area (Å²) in [4.78, 5) is 14.6. The SMILES string of the molecule is O=C(/C=C/c1ccccc1)N[C@H](c1ccccc1)c1nnc(N2CCOCC2)o1. The fourth-order valence-corrected chi connectivity index (χ4v) is 3.09. The molecule has 1 amide bonds. The van der Waals surface area contributed by atoms with Gasteiger partial charge in [-0.05, 0) is 17.2 Å². The van der Waals surface area contributed by atoms with E-state index in [0.717, 1.165) is 11.1 Å². The van der Waals surface area contributed by atoms with Crippen LogP contribution in [0.2, 0.25) is 0 Å². The van der Waals surface area contributed by atoms with Crippen molar-refractivity contribution in [3.8, 4) is 0 Å². The third-order valence-corrected chi connectivity index (χ3v) is 4.60. The number of rotatable bonds is 6. The Bertz CT molecular complexity index is 950. The second-order valence-electron chi connectivity index (χ2n) is 6.62. The molecule has 1 N–H and O–H groups in total. The molecule has 1 aliphatic rings. The first kappa shape index (κ1) is 18.9. The van der Waals surface area contributed by atoms with Gasteiger partial charge in [0.25, 0.3) is 0 Å². The quantitative estimate of drug-likeness (QED) is 0.652. The summed E-state index contributed by atoms with van der Waals surface area (Å²) in [6.45, 7) is 2.65. The largest absolute Gasteiger partial charge is 0.405 e. The molecule has 1 atom stereocenters. The summed E-state index contributed by atoms with van der Waals surface area (Å²) in [5, 5.41) is 11.3. The normalized spacial score (nSPS) is 15.4. The molecule has 0 bridgehead atoms. The third-order valence-electron chi connectivity index (χ3n) is 4.60. The average Bonchev–Trinajstić information content (AvgIpc) is 3.28. The van der Waals surface area contributed by atoms with Gasteiger partial charge in [0.1, 0.15) is 6.04 Å². The van der Waals surface area contributed by atoms with Crippen molar-refractivity contribution in [3.05, 3.63) is 83.8 Å². The highest BCUT2D eigenvalue weighted by Crippen LogP contribution is 2.24. The third kappa shape index (κ3) is 4.89. The van der Waals surface area contributed by atoms with E-state index in [1.54, 1.807) is 6.08 Å². The molecule has 1 aliphatic heterocycles.